The van der Waals surface area contributed by atoms with Crippen LogP contribution in [0.15, 0.2) is 24.3 Å². The molecule has 1 heterocycles. The lowest BCUT2D eigenvalue weighted by atomic mass is 10.0. The molecule has 0 bridgehead atoms. The van der Waals surface area contributed by atoms with Crippen molar-refractivity contribution in [1.82, 2.24) is 4.90 Å². The first-order chi connectivity index (χ1) is 11.1. The van der Waals surface area contributed by atoms with Gasteiger partial charge in [-0.05, 0) is 43.5 Å². The van der Waals surface area contributed by atoms with Gasteiger partial charge in [-0.25, -0.2) is 9.18 Å². The molecule has 0 spiro atoms. The molecule has 1 atom stereocenters. The van der Waals surface area contributed by atoms with E-state index in [4.69, 9.17) is 10.00 Å². The van der Waals surface area contributed by atoms with Crippen LogP contribution in [0.3, 0.4) is 0 Å². The highest BCUT2D eigenvalue weighted by Gasteiger charge is 2.25. The third kappa shape index (κ3) is 4.78. The van der Waals surface area contributed by atoms with Crippen molar-refractivity contribution in [3.63, 3.8) is 0 Å². The van der Waals surface area contributed by atoms with E-state index in [0.29, 0.717) is 13.1 Å². The molecule has 1 unspecified atom stereocenters. The maximum absolute atomic E-state index is 12.8. The Hall–Kier alpha value is -2.42. The Kier molecular flexibility index (Phi) is 6.10. The molecule has 1 aliphatic rings. The summed E-state index contributed by atoms with van der Waals surface area (Å²) in [5, 5.41) is 9.16. The number of nitriles is 1. The molecule has 1 aliphatic heterocycles. The molecular formula is C17H19FN2O3. The predicted molar refractivity (Wildman–Crippen MR) is 80.8 cm³/mol. The molecule has 23 heavy (non-hydrogen) atoms. The summed E-state index contributed by atoms with van der Waals surface area (Å²) in [6.07, 6.45) is 3.20. The van der Waals surface area contributed by atoms with E-state index < -0.39 is 17.7 Å². The minimum Gasteiger partial charge on any atom is -0.462 e. The van der Waals surface area contributed by atoms with Crippen molar-refractivity contribution in [2.75, 3.05) is 19.7 Å². The van der Waals surface area contributed by atoms with Gasteiger partial charge in [0.15, 0.2) is 0 Å². The van der Waals surface area contributed by atoms with E-state index in [1.807, 2.05) is 6.07 Å². The Labute approximate surface area is 134 Å². The van der Waals surface area contributed by atoms with E-state index in [9.17, 15) is 14.0 Å². The number of nitrogens with zero attached hydrogens (tertiary/aromatic N) is 2. The summed E-state index contributed by atoms with van der Waals surface area (Å²) in [6.45, 7) is 1.35. The summed E-state index contributed by atoms with van der Waals surface area (Å²) < 4.78 is 17.8. The van der Waals surface area contributed by atoms with Gasteiger partial charge in [-0.1, -0.05) is 0 Å². The molecule has 2 rings (SSSR count). The summed E-state index contributed by atoms with van der Waals surface area (Å²) >= 11 is 0. The van der Waals surface area contributed by atoms with Crippen LogP contribution in [0.4, 0.5) is 4.39 Å². The van der Waals surface area contributed by atoms with Gasteiger partial charge in [0, 0.05) is 19.5 Å². The van der Waals surface area contributed by atoms with Crippen molar-refractivity contribution in [2.45, 2.75) is 25.7 Å². The number of ether oxygens (including phenoxy) is 1. The summed E-state index contributed by atoms with van der Waals surface area (Å²) in [5.41, 5.74) is 0.238. The summed E-state index contributed by atoms with van der Waals surface area (Å²) in [6, 6.07) is 7.00. The zero-order chi connectivity index (χ0) is 16.7. The summed E-state index contributed by atoms with van der Waals surface area (Å²) in [5.74, 6) is -2.01. The highest BCUT2D eigenvalue weighted by atomic mass is 19.1. The number of piperidine rings is 1. The Morgan fingerprint density at radius 2 is 1.87 bits per heavy atom. The fourth-order valence-corrected chi connectivity index (χ4v) is 2.52. The average Bonchev–Trinajstić information content (AvgIpc) is 2.59. The molecule has 0 N–H and O–H groups in total. The lowest BCUT2D eigenvalue weighted by Gasteiger charge is -2.28. The van der Waals surface area contributed by atoms with Gasteiger partial charge in [0.1, 0.15) is 11.7 Å². The first-order valence-electron chi connectivity index (χ1n) is 7.73. The molecule has 0 aromatic heterocycles. The maximum atomic E-state index is 12.8. The normalized spacial score (nSPS) is 15.6. The molecule has 1 amide bonds. The smallest absolute Gasteiger partial charge is 0.338 e. The zero-order valence-corrected chi connectivity index (χ0v) is 12.8. The third-order valence-corrected chi connectivity index (χ3v) is 3.84. The fraction of sp³-hybridized carbons (Fsp3) is 0.471. The first-order valence-corrected chi connectivity index (χ1v) is 7.73. The van der Waals surface area contributed by atoms with Crippen LogP contribution in [-0.2, 0) is 9.53 Å². The minimum atomic E-state index is -0.797. The van der Waals surface area contributed by atoms with Crippen molar-refractivity contribution >= 4 is 11.9 Å². The molecule has 122 valence electrons. The Bertz CT molecular complexity index is 589. The largest absolute Gasteiger partial charge is 0.462 e. The van der Waals surface area contributed by atoms with Gasteiger partial charge in [0.2, 0.25) is 5.91 Å². The lowest BCUT2D eigenvalue weighted by molar-refractivity contribution is -0.135. The third-order valence-electron chi connectivity index (χ3n) is 3.84. The lowest BCUT2D eigenvalue weighted by Crippen LogP contribution is -2.39. The van der Waals surface area contributed by atoms with Crippen LogP contribution in [0.2, 0.25) is 0 Å². The quantitative estimate of drug-likeness (QED) is 0.782. The number of benzene rings is 1. The van der Waals surface area contributed by atoms with Crippen LogP contribution in [0.1, 0.15) is 36.0 Å². The predicted octanol–water partition coefficient (Wildman–Crippen LogP) is 2.52. The molecule has 5 nitrogen and oxygen atoms in total. The molecule has 1 aromatic carbocycles. The maximum Gasteiger partial charge on any atom is 0.338 e. The van der Waals surface area contributed by atoms with E-state index in [1.54, 1.807) is 4.90 Å². The van der Waals surface area contributed by atoms with Gasteiger partial charge < -0.3 is 9.64 Å². The SMILES string of the molecule is N#CC(CCOC(=O)c1ccc(F)cc1)C(=O)N1CCCCC1. The Balaban J connectivity index is 1.81. The van der Waals surface area contributed by atoms with Crippen LogP contribution in [0, 0.1) is 23.1 Å². The number of hydrogen-bond acceptors (Lipinski definition) is 4. The number of likely N-dealkylation sites (tertiary alicyclic amines) is 1. The Morgan fingerprint density at radius 3 is 2.48 bits per heavy atom. The van der Waals surface area contributed by atoms with Crippen LogP contribution >= 0.6 is 0 Å². The number of esters is 1. The van der Waals surface area contributed by atoms with Crippen LogP contribution < -0.4 is 0 Å². The number of halogens is 1. The molecule has 1 fully saturated rings. The van der Waals surface area contributed by atoms with Crippen molar-refractivity contribution in [3.8, 4) is 6.07 Å². The summed E-state index contributed by atoms with van der Waals surface area (Å²) in [7, 11) is 0. The fourth-order valence-electron chi connectivity index (χ4n) is 2.52. The number of carbonyl (C=O) groups is 2. The molecule has 1 aromatic rings. The zero-order valence-electron chi connectivity index (χ0n) is 12.8. The van der Waals surface area contributed by atoms with E-state index >= 15 is 0 Å². The van der Waals surface area contributed by atoms with Crippen LogP contribution in [0.25, 0.3) is 0 Å². The van der Waals surface area contributed by atoms with Gasteiger partial charge in [0.25, 0.3) is 0 Å². The van der Waals surface area contributed by atoms with E-state index in [-0.39, 0.29) is 24.5 Å². The van der Waals surface area contributed by atoms with E-state index in [0.717, 1.165) is 19.3 Å². The monoisotopic (exact) mass is 318 g/mol. The van der Waals surface area contributed by atoms with Gasteiger partial charge in [-0.2, -0.15) is 5.26 Å². The van der Waals surface area contributed by atoms with Gasteiger partial charge in [-0.15, -0.1) is 0 Å². The molecule has 0 aliphatic carbocycles. The number of carbonyl (C=O) groups excluding carboxylic acids is 2. The molecule has 0 saturated carbocycles. The number of amides is 1. The van der Waals surface area contributed by atoms with Crippen molar-refractivity contribution < 1.29 is 18.7 Å². The minimum absolute atomic E-state index is 0.0198. The molecule has 6 heteroatoms. The second-order valence-electron chi connectivity index (χ2n) is 5.50. The van der Waals surface area contributed by atoms with Crippen LogP contribution in [0.5, 0.6) is 0 Å². The average molecular weight is 318 g/mol. The molecular weight excluding hydrogens is 299 g/mol. The second kappa shape index (κ2) is 8.28. The van der Waals surface area contributed by atoms with Gasteiger partial charge >= 0.3 is 5.97 Å². The summed E-state index contributed by atoms with van der Waals surface area (Å²) in [4.78, 5) is 25.7. The topological polar surface area (TPSA) is 70.4 Å². The van der Waals surface area contributed by atoms with Gasteiger partial charge in [0.05, 0.1) is 18.2 Å². The number of rotatable bonds is 5. The highest BCUT2D eigenvalue weighted by molar-refractivity contribution is 5.89. The van der Waals surface area contributed by atoms with Crippen molar-refractivity contribution in [2.24, 2.45) is 5.92 Å². The van der Waals surface area contributed by atoms with E-state index in [2.05, 4.69) is 0 Å². The second-order valence-corrected chi connectivity index (χ2v) is 5.50. The van der Waals surface area contributed by atoms with Crippen LogP contribution in [-0.4, -0.2) is 36.5 Å². The molecule has 0 radical (unpaired) electrons. The van der Waals surface area contributed by atoms with Gasteiger partial charge in [-0.3, -0.25) is 4.79 Å². The standard InChI is InChI=1S/C17H19FN2O3/c18-15-6-4-13(5-7-15)17(22)23-11-8-14(12-19)16(21)20-9-2-1-3-10-20/h4-7,14H,1-3,8-11H2. The first kappa shape index (κ1) is 16.9. The molecule has 1 saturated heterocycles. The van der Waals surface area contributed by atoms with Crippen molar-refractivity contribution in [3.05, 3.63) is 35.6 Å². The Morgan fingerprint density at radius 1 is 1.22 bits per heavy atom. The van der Waals surface area contributed by atoms with Crippen molar-refractivity contribution in [1.29, 1.82) is 5.26 Å². The van der Waals surface area contributed by atoms with E-state index in [1.165, 1.54) is 24.3 Å². The number of hydrogen-bond donors (Lipinski definition) is 0. The highest BCUT2D eigenvalue weighted by Crippen LogP contribution is 2.15.